The van der Waals surface area contributed by atoms with Crippen LogP contribution in [-0.4, -0.2) is 5.96 Å². The van der Waals surface area contributed by atoms with E-state index in [0.29, 0.717) is 0 Å². The molecule has 0 aliphatic carbocycles. The molecule has 4 N–H and O–H groups in total. The molecule has 0 saturated heterocycles. The number of hydrogen-bond donors (Lipinski definition) is 3. The summed E-state index contributed by atoms with van der Waals surface area (Å²) in [6.07, 6.45) is 0. The third kappa shape index (κ3) is 3.27. The number of rotatable bonds is 0. The first-order chi connectivity index (χ1) is 2.27. The van der Waals surface area contributed by atoms with Crippen molar-refractivity contribution in [2.75, 3.05) is 0 Å². The van der Waals surface area contributed by atoms with Gasteiger partial charge in [-0.2, -0.15) is 0 Å². The molecular formula is C2H6N3. The van der Waals surface area contributed by atoms with Gasteiger partial charge in [0.2, 0.25) is 0 Å². The summed E-state index contributed by atoms with van der Waals surface area (Å²) >= 11 is 0. The van der Waals surface area contributed by atoms with Gasteiger partial charge in [0.15, 0.2) is 5.96 Å². The van der Waals surface area contributed by atoms with Crippen LogP contribution in [0.4, 0.5) is 0 Å². The fourth-order valence-electron chi connectivity index (χ4n) is 0. The number of hydrogen-bond acceptors (Lipinski definition) is 1. The van der Waals surface area contributed by atoms with Gasteiger partial charge in [-0.1, -0.05) is 0 Å². The molecule has 5 heavy (non-hydrogen) atoms. The van der Waals surface area contributed by atoms with Gasteiger partial charge in [0.25, 0.3) is 0 Å². The first-order valence-corrected chi connectivity index (χ1v) is 1.14. The molecule has 0 unspecified atom stereocenters. The molecule has 0 amide bonds. The molecule has 0 aromatic carbocycles. The van der Waals surface area contributed by atoms with E-state index < -0.39 is 0 Å². The quantitative estimate of drug-likeness (QED) is 0.261. The number of nitrogens with one attached hydrogen (secondary N) is 2. The van der Waals surface area contributed by atoms with E-state index in [2.05, 4.69) is 12.4 Å². The molecule has 0 spiro atoms. The van der Waals surface area contributed by atoms with Crippen molar-refractivity contribution in [1.82, 2.24) is 5.32 Å². The second-order valence-electron chi connectivity index (χ2n) is 0.590. The fourth-order valence-corrected chi connectivity index (χ4v) is 0. The van der Waals surface area contributed by atoms with Crippen LogP contribution in [0.2, 0.25) is 0 Å². The SMILES string of the molecule is [CH2]NC(=N)N. The zero-order valence-corrected chi connectivity index (χ0v) is 2.78. The van der Waals surface area contributed by atoms with E-state index in [1.54, 1.807) is 0 Å². The van der Waals surface area contributed by atoms with Crippen LogP contribution >= 0.6 is 0 Å². The van der Waals surface area contributed by atoms with Crippen LogP contribution in [0.25, 0.3) is 0 Å². The Balaban J connectivity index is 2.85. The average molecular weight is 72.1 g/mol. The summed E-state index contributed by atoms with van der Waals surface area (Å²) < 4.78 is 0. The Labute approximate surface area is 30.7 Å². The van der Waals surface area contributed by atoms with Gasteiger partial charge in [-0.15, -0.1) is 0 Å². The Morgan fingerprint density at radius 3 is 2.20 bits per heavy atom. The van der Waals surface area contributed by atoms with E-state index in [0.717, 1.165) is 0 Å². The highest BCUT2D eigenvalue weighted by molar-refractivity contribution is 5.74. The van der Waals surface area contributed by atoms with E-state index in [-0.39, 0.29) is 5.96 Å². The van der Waals surface area contributed by atoms with Gasteiger partial charge < -0.3 is 11.1 Å². The van der Waals surface area contributed by atoms with Crippen molar-refractivity contribution in [1.29, 1.82) is 5.41 Å². The molecule has 0 aromatic heterocycles. The monoisotopic (exact) mass is 72.1 g/mol. The molecule has 0 saturated carbocycles. The summed E-state index contributed by atoms with van der Waals surface area (Å²) in [5, 5.41) is 8.49. The van der Waals surface area contributed by atoms with Gasteiger partial charge in [-0.3, -0.25) is 5.41 Å². The lowest BCUT2D eigenvalue weighted by Gasteiger charge is -1.85. The van der Waals surface area contributed by atoms with Crippen molar-refractivity contribution in [3.63, 3.8) is 0 Å². The highest BCUT2D eigenvalue weighted by Gasteiger charge is 1.66. The topological polar surface area (TPSA) is 61.9 Å². The van der Waals surface area contributed by atoms with Crippen molar-refractivity contribution in [2.45, 2.75) is 0 Å². The Bertz CT molecular complexity index is 40.2. The Hall–Kier alpha value is -0.730. The summed E-state index contributed by atoms with van der Waals surface area (Å²) in [5.74, 6) is -0.106. The Morgan fingerprint density at radius 1 is 2.00 bits per heavy atom. The molecule has 0 heterocycles. The Kier molecular flexibility index (Phi) is 1.35. The summed E-state index contributed by atoms with van der Waals surface area (Å²) in [6.45, 7) is 0. The molecule has 1 radical (unpaired) electrons. The fraction of sp³-hybridized carbons (Fsp3) is 0. The molecule has 0 fully saturated rings. The lowest BCUT2D eigenvalue weighted by atomic mass is 11.0. The molecule has 3 nitrogen and oxygen atoms in total. The predicted octanol–water partition coefficient (Wildman–Crippen LogP) is -0.739. The second-order valence-corrected chi connectivity index (χ2v) is 0.590. The van der Waals surface area contributed by atoms with Gasteiger partial charge in [-0.25, -0.2) is 0 Å². The molecule has 0 aliphatic rings. The molecule has 0 rings (SSSR count). The van der Waals surface area contributed by atoms with Gasteiger partial charge in [0.1, 0.15) is 0 Å². The molecule has 0 atom stereocenters. The maximum Gasteiger partial charge on any atom is 0.185 e. The largest absolute Gasteiger partial charge is 0.370 e. The smallest absolute Gasteiger partial charge is 0.185 e. The van der Waals surface area contributed by atoms with Crippen molar-refractivity contribution in [3.05, 3.63) is 7.05 Å². The van der Waals surface area contributed by atoms with Gasteiger partial charge in [0, 0.05) is 7.05 Å². The molecule has 0 aliphatic heterocycles. The highest BCUT2D eigenvalue weighted by Crippen LogP contribution is 1.34. The van der Waals surface area contributed by atoms with E-state index in [1.165, 1.54) is 0 Å². The van der Waals surface area contributed by atoms with Gasteiger partial charge in [0.05, 0.1) is 0 Å². The van der Waals surface area contributed by atoms with Crippen LogP contribution in [-0.2, 0) is 0 Å². The third-order valence-electron chi connectivity index (χ3n) is 0.190. The maximum absolute atomic E-state index is 6.35. The summed E-state index contributed by atoms with van der Waals surface area (Å²) in [4.78, 5) is 0. The molecular weight excluding hydrogens is 66.0 g/mol. The van der Waals surface area contributed by atoms with Crippen LogP contribution in [0.5, 0.6) is 0 Å². The minimum absolute atomic E-state index is 0.106. The van der Waals surface area contributed by atoms with Crippen LogP contribution in [0, 0.1) is 12.5 Å². The van der Waals surface area contributed by atoms with E-state index >= 15 is 0 Å². The predicted molar refractivity (Wildman–Crippen MR) is 20.4 cm³/mol. The van der Waals surface area contributed by atoms with Crippen LogP contribution in [0.1, 0.15) is 0 Å². The molecule has 3 heteroatoms. The minimum Gasteiger partial charge on any atom is -0.370 e. The van der Waals surface area contributed by atoms with E-state index in [4.69, 9.17) is 11.1 Å². The molecule has 29 valence electrons. The maximum atomic E-state index is 6.35. The zero-order valence-electron chi connectivity index (χ0n) is 2.78. The normalized spacial score (nSPS) is 6.60. The first-order valence-electron chi connectivity index (χ1n) is 1.14. The van der Waals surface area contributed by atoms with E-state index in [9.17, 15) is 0 Å². The summed E-state index contributed by atoms with van der Waals surface area (Å²) in [5.41, 5.74) is 4.70. The molecule has 0 aromatic rings. The zero-order chi connectivity index (χ0) is 4.28. The van der Waals surface area contributed by atoms with Crippen molar-refractivity contribution < 1.29 is 0 Å². The summed E-state index contributed by atoms with van der Waals surface area (Å²) in [6, 6.07) is 0. The lowest BCUT2D eigenvalue weighted by molar-refractivity contribution is 1.19. The van der Waals surface area contributed by atoms with Crippen molar-refractivity contribution in [2.24, 2.45) is 5.73 Å². The van der Waals surface area contributed by atoms with Crippen molar-refractivity contribution >= 4 is 5.96 Å². The minimum atomic E-state index is -0.106. The van der Waals surface area contributed by atoms with Gasteiger partial charge >= 0.3 is 0 Å². The number of guanidine groups is 1. The summed E-state index contributed by atoms with van der Waals surface area (Å²) in [7, 11) is 3.09. The van der Waals surface area contributed by atoms with Crippen LogP contribution in [0.3, 0.4) is 0 Å². The highest BCUT2D eigenvalue weighted by atomic mass is 15.0. The van der Waals surface area contributed by atoms with Crippen LogP contribution in [0.15, 0.2) is 0 Å². The number of nitrogens with two attached hydrogens (primary N) is 1. The van der Waals surface area contributed by atoms with Crippen LogP contribution < -0.4 is 11.1 Å². The van der Waals surface area contributed by atoms with Gasteiger partial charge in [-0.05, 0) is 0 Å². The second kappa shape index (κ2) is 1.58. The Morgan fingerprint density at radius 2 is 2.20 bits per heavy atom. The van der Waals surface area contributed by atoms with Crippen molar-refractivity contribution in [3.8, 4) is 0 Å². The molecule has 0 bridgehead atoms. The standard InChI is InChI=1S/C2H6N3/c1-5-2(3)4/h1H2,(H4,3,4,5). The average Bonchev–Trinajstić information content (AvgIpc) is 1.38. The van der Waals surface area contributed by atoms with E-state index in [1.807, 2.05) is 0 Å². The lowest BCUT2D eigenvalue weighted by Crippen LogP contribution is -2.23. The third-order valence-corrected chi connectivity index (χ3v) is 0.190. The first kappa shape index (κ1) is 4.27.